The summed E-state index contributed by atoms with van der Waals surface area (Å²) >= 11 is 0. The molecule has 0 aliphatic carbocycles. The quantitative estimate of drug-likeness (QED) is 0.664. The van der Waals surface area contributed by atoms with Crippen LogP contribution in [0.4, 0.5) is 0 Å². The first kappa shape index (κ1) is 11.4. The normalized spacial score (nSPS) is 10.5. The number of carbonyl (C=O) groups is 1. The third-order valence-electron chi connectivity index (χ3n) is 2.89. The summed E-state index contributed by atoms with van der Waals surface area (Å²) in [5, 5.41) is 9.56. The molecule has 0 fully saturated rings. The first-order valence-corrected chi connectivity index (χ1v) is 5.95. The van der Waals surface area contributed by atoms with E-state index in [1.165, 1.54) is 9.80 Å². The molecule has 0 aliphatic rings. The van der Waals surface area contributed by atoms with E-state index in [9.17, 15) is 4.79 Å². The predicted octanol–water partition coefficient (Wildman–Crippen LogP) is 1.73. The second-order valence-electron chi connectivity index (χ2n) is 4.16. The number of para-hydroxylation sites is 1. The van der Waals surface area contributed by atoms with Gasteiger partial charge in [-0.05, 0) is 22.9 Å². The second kappa shape index (κ2) is 4.89. The number of rotatable bonds is 4. The molecule has 1 heterocycles. The van der Waals surface area contributed by atoms with Gasteiger partial charge in [0.1, 0.15) is 11.0 Å². The van der Waals surface area contributed by atoms with E-state index >= 15 is 0 Å². The van der Waals surface area contributed by atoms with Gasteiger partial charge >= 0.3 is 0 Å². The van der Waals surface area contributed by atoms with E-state index in [2.05, 4.69) is 10.3 Å². The van der Waals surface area contributed by atoms with Gasteiger partial charge in [0.25, 0.3) is 0 Å². The van der Waals surface area contributed by atoms with Crippen LogP contribution in [0.3, 0.4) is 0 Å². The van der Waals surface area contributed by atoms with Gasteiger partial charge < -0.3 is 0 Å². The number of aromatic nitrogens is 3. The zero-order valence-corrected chi connectivity index (χ0v) is 10.2. The van der Waals surface area contributed by atoms with E-state index in [-0.39, 0.29) is 0 Å². The van der Waals surface area contributed by atoms with Crippen molar-refractivity contribution >= 4 is 17.4 Å². The van der Waals surface area contributed by atoms with Crippen LogP contribution in [0, 0.1) is 0 Å². The van der Waals surface area contributed by atoms with Crippen LogP contribution >= 0.6 is 0 Å². The lowest BCUT2D eigenvalue weighted by Crippen LogP contribution is -2.33. The molecule has 19 heavy (non-hydrogen) atoms. The Morgan fingerprint density at radius 2 is 1.79 bits per heavy atom. The van der Waals surface area contributed by atoms with Crippen LogP contribution in [0.15, 0.2) is 54.6 Å². The zero-order valence-electron chi connectivity index (χ0n) is 10.2. The molecule has 0 N–H and O–H groups in total. The maximum atomic E-state index is 11.3. The van der Waals surface area contributed by atoms with Gasteiger partial charge in [-0.1, -0.05) is 42.5 Å². The monoisotopic (exact) mass is 252 g/mol. The second-order valence-corrected chi connectivity index (χ2v) is 4.16. The highest BCUT2D eigenvalue weighted by Gasteiger charge is 2.10. The Labute approximate surface area is 110 Å². The van der Waals surface area contributed by atoms with Crippen LogP contribution in [0.5, 0.6) is 0 Å². The van der Waals surface area contributed by atoms with Crippen molar-refractivity contribution in [3.8, 4) is 0 Å². The highest BCUT2D eigenvalue weighted by molar-refractivity contribution is 5.76. The van der Waals surface area contributed by atoms with Gasteiger partial charge in [-0.2, -0.15) is 0 Å². The van der Waals surface area contributed by atoms with Gasteiger partial charge in [-0.3, -0.25) is 4.79 Å². The number of hydrogen-bond donors (Lipinski definition) is 0. The summed E-state index contributed by atoms with van der Waals surface area (Å²) in [5.41, 5.74) is 2.61. The minimum Gasteiger partial charge on any atom is -0.277 e. The van der Waals surface area contributed by atoms with Gasteiger partial charge in [0.2, 0.25) is 6.41 Å². The Morgan fingerprint density at radius 3 is 2.58 bits per heavy atom. The van der Waals surface area contributed by atoms with Gasteiger partial charge in [0, 0.05) is 0 Å². The fraction of sp³-hybridized carbons (Fsp3) is 0.0714. The number of amides is 1. The summed E-state index contributed by atoms with van der Waals surface area (Å²) in [4.78, 5) is 12.8. The highest BCUT2D eigenvalue weighted by atomic mass is 16.1. The molecular weight excluding hydrogens is 240 g/mol. The molecule has 3 rings (SSSR count). The zero-order chi connectivity index (χ0) is 13.1. The molecule has 2 aromatic carbocycles. The SMILES string of the molecule is O=CN(Cc1ccccc1)n1nnc2ccccc21. The smallest absolute Gasteiger partial charge is 0.230 e. The number of nitrogens with zero attached hydrogens (tertiary/aromatic N) is 4. The topological polar surface area (TPSA) is 51.0 Å². The number of hydrogen-bond acceptors (Lipinski definition) is 3. The average molecular weight is 252 g/mol. The molecule has 0 spiro atoms. The van der Waals surface area contributed by atoms with Crippen LogP contribution in [0.25, 0.3) is 11.0 Å². The summed E-state index contributed by atoms with van der Waals surface area (Å²) in [6, 6.07) is 17.3. The Morgan fingerprint density at radius 1 is 1.05 bits per heavy atom. The van der Waals surface area contributed by atoms with E-state index in [1.54, 1.807) is 0 Å². The van der Waals surface area contributed by atoms with Crippen LogP contribution < -0.4 is 5.01 Å². The molecule has 0 unspecified atom stereocenters. The minimum absolute atomic E-state index is 0.456. The average Bonchev–Trinajstić information content (AvgIpc) is 2.90. The molecule has 0 saturated carbocycles. The van der Waals surface area contributed by atoms with Crippen molar-refractivity contribution in [1.82, 2.24) is 15.1 Å². The molecule has 5 nitrogen and oxygen atoms in total. The number of benzene rings is 2. The van der Waals surface area contributed by atoms with E-state index in [0.29, 0.717) is 6.54 Å². The molecule has 0 radical (unpaired) electrons. The standard InChI is InChI=1S/C14H12N4O/c19-11-17(10-12-6-2-1-3-7-12)18-14-9-5-4-8-13(14)15-16-18/h1-9,11H,10H2. The summed E-state index contributed by atoms with van der Waals surface area (Å²) in [5.74, 6) is 0. The van der Waals surface area contributed by atoms with Crippen LogP contribution in [-0.2, 0) is 11.3 Å². The van der Waals surface area contributed by atoms with Gasteiger partial charge in [0.05, 0.1) is 6.54 Å². The van der Waals surface area contributed by atoms with Gasteiger partial charge in [-0.15, -0.1) is 9.89 Å². The third kappa shape index (κ3) is 2.18. The first-order valence-electron chi connectivity index (χ1n) is 5.95. The third-order valence-corrected chi connectivity index (χ3v) is 2.89. The largest absolute Gasteiger partial charge is 0.277 e. The number of fused-ring (bicyclic) bond motifs is 1. The van der Waals surface area contributed by atoms with Crippen LogP contribution in [-0.4, -0.2) is 21.5 Å². The lowest BCUT2D eigenvalue weighted by molar-refractivity contribution is -0.109. The summed E-state index contributed by atoms with van der Waals surface area (Å²) in [6.45, 7) is 0.456. The highest BCUT2D eigenvalue weighted by Crippen LogP contribution is 2.11. The van der Waals surface area contributed by atoms with Gasteiger partial charge in [0.15, 0.2) is 0 Å². The van der Waals surface area contributed by atoms with Crippen molar-refractivity contribution in [3.63, 3.8) is 0 Å². The van der Waals surface area contributed by atoms with Crippen molar-refractivity contribution in [1.29, 1.82) is 0 Å². The Bertz CT molecular complexity index is 693. The van der Waals surface area contributed by atoms with E-state index in [4.69, 9.17) is 0 Å². The molecule has 0 bridgehead atoms. The molecule has 3 aromatic rings. The van der Waals surface area contributed by atoms with Crippen molar-refractivity contribution in [3.05, 3.63) is 60.2 Å². The van der Waals surface area contributed by atoms with Crippen molar-refractivity contribution in [2.75, 3.05) is 5.01 Å². The fourth-order valence-electron chi connectivity index (χ4n) is 1.97. The molecule has 0 atom stereocenters. The maximum absolute atomic E-state index is 11.3. The Hall–Kier alpha value is -2.69. The van der Waals surface area contributed by atoms with Crippen molar-refractivity contribution in [2.45, 2.75) is 6.54 Å². The minimum atomic E-state index is 0.456. The predicted molar refractivity (Wildman–Crippen MR) is 72.0 cm³/mol. The maximum Gasteiger partial charge on any atom is 0.230 e. The van der Waals surface area contributed by atoms with Gasteiger partial charge in [-0.25, -0.2) is 5.01 Å². The molecular formula is C14H12N4O. The summed E-state index contributed by atoms with van der Waals surface area (Å²) in [6.07, 6.45) is 0.758. The van der Waals surface area contributed by atoms with E-state index in [0.717, 1.165) is 23.0 Å². The molecule has 94 valence electrons. The molecule has 1 aromatic heterocycles. The fourth-order valence-corrected chi connectivity index (χ4v) is 1.97. The lowest BCUT2D eigenvalue weighted by atomic mass is 10.2. The molecule has 0 saturated heterocycles. The Kier molecular flexibility index (Phi) is 2.94. The van der Waals surface area contributed by atoms with Crippen molar-refractivity contribution in [2.24, 2.45) is 0 Å². The molecule has 1 amide bonds. The van der Waals surface area contributed by atoms with Crippen LogP contribution in [0.1, 0.15) is 5.56 Å². The van der Waals surface area contributed by atoms with E-state index < -0.39 is 0 Å². The first-order chi connectivity index (χ1) is 9.38. The lowest BCUT2D eigenvalue weighted by Gasteiger charge is -2.17. The van der Waals surface area contributed by atoms with Crippen molar-refractivity contribution < 1.29 is 4.79 Å². The molecule has 0 aliphatic heterocycles. The molecule has 5 heteroatoms. The van der Waals surface area contributed by atoms with Crippen LogP contribution in [0.2, 0.25) is 0 Å². The van der Waals surface area contributed by atoms with E-state index in [1.807, 2.05) is 54.6 Å². The summed E-state index contributed by atoms with van der Waals surface area (Å²) < 4.78 is 0. The number of carbonyl (C=O) groups excluding carboxylic acids is 1. The summed E-state index contributed by atoms with van der Waals surface area (Å²) in [7, 11) is 0. The Balaban J connectivity index is 1.96.